The summed E-state index contributed by atoms with van der Waals surface area (Å²) in [7, 11) is 0. The van der Waals surface area contributed by atoms with Crippen LogP contribution in [0.2, 0.25) is 0 Å². The van der Waals surface area contributed by atoms with E-state index in [1.54, 1.807) is 17.7 Å². The molecular formula is C24H30N6OS. The highest BCUT2D eigenvalue weighted by Gasteiger charge is 2.16. The van der Waals surface area contributed by atoms with E-state index in [0.717, 1.165) is 23.1 Å². The van der Waals surface area contributed by atoms with Crippen molar-refractivity contribution in [3.05, 3.63) is 53.2 Å². The van der Waals surface area contributed by atoms with Crippen molar-refractivity contribution in [1.29, 1.82) is 0 Å². The van der Waals surface area contributed by atoms with Gasteiger partial charge in [-0.15, -0.1) is 11.3 Å². The van der Waals surface area contributed by atoms with Crippen LogP contribution in [0.15, 0.2) is 42.7 Å². The Labute approximate surface area is 192 Å². The Hall–Kier alpha value is -2.97. The van der Waals surface area contributed by atoms with Crippen molar-refractivity contribution in [3.8, 4) is 10.4 Å². The number of aryl methyl sites for hydroxylation is 1. The van der Waals surface area contributed by atoms with Crippen molar-refractivity contribution < 1.29 is 5.11 Å². The molecule has 0 bridgehead atoms. The molecule has 0 saturated heterocycles. The lowest BCUT2D eigenvalue weighted by molar-refractivity contribution is 0.271. The summed E-state index contributed by atoms with van der Waals surface area (Å²) in [5.74, 6) is 1.18. The smallest absolute Gasteiger partial charge is 0.227 e. The maximum Gasteiger partial charge on any atom is 0.227 e. The molecule has 8 heteroatoms. The number of rotatable bonds is 9. The van der Waals surface area contributed by atoms with E-state index < -0.39 is 0 Å². The third-order valence-electron chi connectivity index (χ3n) is 5.46. The number of imidazole rings is 1. The summed E-state index contributed by atoms with van der Waals surface area (Å²) < 4.78 is 2.03. The molecule has 4 rings (SSSR count). The molecule has 0 spiro atoms. The SMILES string of the molecule is CC[C@H](CO)Nc1nc(NCc2ccc(-c3ccc(C)s3)cc2)c2ncn(C(C)C)c2n1. The number of thiophene rings is 1. The topological polar surface area (TPSA) is 87.9 Å². The average molecular weight is 451 g/mol. The van der Waals surface area contributed by atoms with Gasteiger partial charge in [0.1, 0.15) is 0 Å². The van der Waals surface area contributed by atoms with Crippen LogP contribution >= 0.6 is 11.3 Å². The van der Waals surface area contributed by atoms with Crippen molar-refractivity contribution in [2.24, 2.45) is 0 Å². The zero-order valence-corrected chi connectivity index (χ0v) is 19.8. The highest BCUT2D eigenvalue weighted by Crippen LogP contribution is 2.28. The number of hydrogen-bond acceptors (Lipinski definition) is 7. The van der Waals surface area contributed by atoms with E-state index in [-0.39, 0.29) is 18.7 Å². The second-order valence-corrected chi connectivity index (χ2v) is 9.49. The van der Waals surface area contributed by atoms with Crippen molar-refractivity contribution in [3.63, 3.8) is 0 Å². The maximum absolute atomic E-state index is 9.58. The first kappa shape index (κ1) is 22.2. The molecule has 0 aliphatic heterocycles. The van der Waals surface area contributed by atoms with Gasteiger partial charge in [0, 0.05) is 22.3 Å². The summed E-state index contributed by atoms with van der Waals surface area (Å²) in [6.45, 7) is 9.00. The summed E-state index contributed by atoms with van der Waals surface area (Å²) >= 11 is 1.80. The molecule has 32 heavy (non-hydrogen) atoms. The van der Waals surface area contributed by atoms with Gasteiger partial charge in [-0.1, -0.05) is 31.2 Å². The summed E-state index contributed by atoms with van der Waals surface area (Å²) in [6.07, 6.45) is 2.58. The molecule has 0 fully saturated rings. The summed E-state index contributed by atoms with van der Waals surface area (Å²) in [5, 5.41) is 16.3. The number of nitrogens with zero attached hydrogens (tertiary/aromatic N) is 4. The standard InChI is InChI=1S/C24H30N6OS/c1-5-19(13-31)27-24-28-22(21-23(29-24)30(14-26-21)15(2)3)25-12-17-7-9-18(10-8-17)20-11-6-16(4)32-20/h6-11,14-15,19,31H,5,12-13H2,1-4H3,(H2,25,27,28,29)/t19-/m1/s1. The van der Waals surface area contributed by atoms with Gasteiger partial charge in [-0.05, 0) is 50.5 Å². The number of benzene rings is 1. The van der Waals surface area contributed by atoms with Gasteiger partial charge >= 0.3 is 0 Å². The molecule has 0 aliphatic rings. The van der Waals surface area contributed by atoms with Crippen molar-refractivity contribution in [1.82, 2.24) is 19.5 Å². The molecule has 0 amide bonds. The number of aliphatic hydroxyl groups excluding tert-OH is 1. The number of aromatic nitrogens is 4. The molecule has 3 N–H and O–H groups in total. The molecule has 0 saturated carbocycles. The third-order valence-corrected chi connectivity index (χ3v) is 6.51. The fraction of sp³-hybridized carbons (Fsp3) is 0.375. The van der Waals surface area contributed by atoms with E-state index in [1.807, 2.05) is 11.5 Å². The molecule has 0 aliphatic carbocycles. The van der Waals surface area contributed by atoms with Crippen LogP contribution in [0.1, 0.15) is 43.7 Å². The van der Waals surface area contributed by atoms with Gasteiger partial charge in [-0.3, -0.25) is 0 Å². The van der Waals surface area contributed by atoms with Gasteiger partial charge in [0.05, 0.1) is 19.0 Å². The maximum atomic E-state index is 9.58. The predicted octanol–water partition coefficient (Wildman–Crippen LogP) is 5.24. The zero-order valence-electron chi connectivity index (χ0n) is 19.0. The molecule has 0 radical (unpaired) electrons. The van der Waals surface area contributed by atoms with Crippen LogP contribution in [0.25, 0.3) is 21.6 Å². The van der Waals surface area contributed by atoms with Gasteiger partial charge in [-0.25, -0.2) is 4.98 Å². The Morgan fingerprint density at radius 1 is 1.09 bits per heavy atom. The number of aliphatic hydroxyl groups is 1. The first-order valence-electron chi connectivity index (χ1n) is 11.0. The first-order valence-corrected chi connectivity index (χ1v) is 11.8. The Morgan fingerprint density at radius 3 is 2.50 bits per heavy atom. The lowest BCUT2D eigenvalue weighted by Crippen LogP contribution is -2.24. The van der Waals surface area contributed by atoms with E-state index in [9.17, 15) is 5.11 Å². The molecule has 1 atom stereocenters. The summed E-state index contributed by atoms with van der Waals surface area (Å²) in [6, 6.07) is 13.0. The Balaban J connectivity index is 1.58. The molecule has 3 aromatic heterocycles. The van der Waals surface area contributed by atoms with Gasteiger partial charge < -0.3 is 20.3 Å². The Morgan fingerprint density at radius 2 is 1.88 bits per heavy atom. The second kappa shape index (κ2) is 9.67. The van der Waals surface area contributed by atoms with E-state index in [1.165, 1.54) is 15.3 Å². The fourth-order valence-electron chi connectivity index (χ4n) is 3.50. The molecule has 7 nitrogen and oxygen atoms in total. The van der Waals surface area contributed by atoms with E-state index >= 15 is 0 Å². The van der Waals surface area contributed by atoms with Crippen LogP contribution in [-0.2, 0) is 6.54 Å². The molecule has 1 aromatic carbocycles. The second-order valence-electron chi connectivity index (χ2n) is 8.21. The van der Waals surface area contributed by atoms with Crippen molar-refractivity contribution in [2.75, 3.05) is 17.2 Å². The zero-order chi connectivity index (χ0) is 22.7. The minimum atomic E-state index is -0.0934. The molecule has 168 valence electrons. The Bertz CT molecular complexity index is 1180. The first-order chi connectivity index (χ1) is 15.5. The quantitative estimate of drug-likeness (QED) is 0.323. The van der Waals surface area contributed by atoms with Crippen LogP contribution in [0.5, 0.6) is 0 Å². The van der Waals surface area contributed by atoms with Gasteiger partial charge in [-0.2, -0.15) is 9.97 Å². The Kier molecular flexibility index (Phi) is 6.72. The van der Waals surface area contributed by atoms with Crippen LogP contribution in [0.3, 0.4) is 0 Å². The minimum Gasteiger partial charge on any atom is -0.394 e. The number of anilines is 2. The summed E-state index contributed by atoms with van der Waals surface area (Å²) in [4.78, 5) is 16.5. The van der Waals surface area contributed by atoms with E-state index in [0.29, 0.717) is 18.3 Å². The average Bonchev–Trinajstić information content (AvgIpc) is 3.42. The van der Waals surface area contributed by atoms with Crippen molar-refractivity contribution >= 4 is 34.3 Å². The highest BCUT2D eigenvalue weighted by molar-refractivity contribution is 7.15. The monoisotopic (exact) mass is 450 g/mol. The lowest BCUT2D eigenvalue weighted by atomic mass is 10.1. The van der Waals surface area contributed by atoms with Crippen LogP contribution in [0, 0.1) is 6.92 Å². The molecular weight excluding hydrogens is 420 g/mol. The van der Waals surface area contributed by atoms with E-state index in [4.69, 9.17) is 0 Å². The lowest BCUT2D eigenvalue weighted by Gasteiger charge is -2.16. The highest BCUT2D eigenvalue weighted by atomic mass is 32.1. The number of hydrogen-bond donors (Lipinski definition) is 3. The van der Waals surface area contributed by atoms with Crippen LogP contribution < -0.4 is 10.6 Å². The van der Waals surface area contributed by atoms with Gasteiger partial charge in [0.25, 0.3) is 0 Å². The summed E-state index contributed by atoms with van der Waals surface area (Å²) in [5.41, 5.74) is 3.91. The third kappa shape index (κ3) is 4.76. The van der Waals surface area contributed by atoms with E-state index in [2.05, 4.69) is 82.8 Å². The van der Waals surface area contributed by atoms with Gasteiger partial charge in [0.15, 0.2) is 17.0 Å². The predicted molar refractivity (Wildman–Crippen MR) is 132 cm³/mol. The molecule has 3 heterocycles. The van der Waals surface area contributed by atoms with Crippen LogP contribution in [0.4, 0.5) is 11.8 Å². The number of nitrogens with one attached hydrogen (secondary N) is 2. The van der Waals surface area contributed by atoms with Crippen molar-refractivity contribution in [2.45, 2.75) is 52.7 Å². The van der Waals surface area contributed by atoms with Gasteiger partial charge in [0.2, 0.25) is 5.95 Å². The largest absolute Gasteiger partial charge is 0.394 e. The normalized spacial score (nSPS) is 12.4. The number of fused-ring (bicyclic) bond motifs is 1. The van der Waals surface area contributed by atoms with Crippen LogP contribution in [-0.4, -0.2) is 37.3 Å². The minimum absolute atomic E-state index is 0.0280. The molecule has 4 aromatic rings. The fourth-order valence-corrected chi connectivity index (χ4v) is 4.38. The molecule has 0 unspecified atom stereocenters.